The number of carbonyl (C=O) groups is 4. The standard InChI is InChI=1S/C42H46Cl2N8O6/c1-19(2)32(47-41(55)58-6)39(53)51-28-15-25(28)17-30(51)37-45-27(35(43)48-37)12-8-21-7-9-23-14-24(11-10-22(23)13-21)33-36(44)49-38(46-33)31-18-26-16-29(26)52(31)40(54)34(20(3)4)50(5)42(56)57/h7,9-11,13-14,19-20,25-26,28-32,34H,15-18H2,1-6H3,(H,45,48)(H,46,49)(H,47,55)(H,56,57)/t25-,26+,28+,29+,30-,31-,32-,34-/m0/s1. The van der Waals surface area contributed by atoms with Crippen LogP contribution in [0.2, 0.25) is 10.3 Å². The van der Waals surface area contributed by atoms with Crippen molar-refractivity contribution in [2.24, 2.45) is 23.7 Å². The number of likely N-dealkylation sites (N-methyl/N-ethyl adjacent to an activating group) is 1. The average Bonchev–Trinajstić information content (AvgIpc) is 3.90. The fourth-order valence-corrected chi connectivity index (χ4v) is 9.43. The number of benzene rings is 2. The minimum atomic E-state index is -1.14. The average molecular weight is 830 g/mol. The van der Waals surface area contributed by atoms with E-state index in [0.29, 0.717) is 40.0 Å². The van der Waals surface area contributed by atoms with Crippen LogP contribution in [-0.4, -0.2) is 102 Å². The van der Waals surface area contributed by atoms with Crippen LogP contribution in [0, 0.1) is 35.5 Å². The molecule has 2 aliphatic heterocycles. The molecule has 4 N–H and O–H groups in total. The van der Waals surface area contributed by atoms with Crippen molar-refractivity contribution < 1.29 is 29.0 Å². The molecule has 2 saturated heterocycles. The van der Waals surface area contributed by atoms with Crippen molar-refractivity contribution in [1.29, 1.82) is 0 Å². The predicted molar refractivity (Wildman–Crippen MR) is 217 cm³/mol. The largest absolute Gasteiger partial charge is 0.465 e. The highest BCUT2D eigenvalue weighted by atomic mass is 35.5. The van der Waals surface area contributed by atoms with E-state index in [9.17, 15) is 24.3 Å². The van der Waals surface area contributed by atoms with E-state index in [1.54, 1.807) is 0 Å². The summed E-state index contributed by atoms with van der Waals surface area (Å²) in [5, 5.41) is 14.9. The zero-order valence-corrected chi connectivity index (χ0v) is 34.6. The first kappa shape index (κ1) is 39.6. The summed E-state index contributed by atoms with van der Waals surface area (Å²) in [7, 11) is 2.72. The monoisotopic (exact) mass is 828 g/mol. The van der Waals surface area contributed by atoms with Crippen molar-refractivity contribution in [1.82, 2.24) is 40.0 Å². The number of nitrogens with zero attached hydrogens (tertiary/aromatic N) is 5. The van der Waals surface area contributed by atoms with Gasteiger partial charge in [0.2, 0.25) is 11.8 Å². The fraction of sp³-hybridized carbons (Fsp3) is 0.476. The zero-order chi connectivity index (χ0) is 41.3. The molecule has 8 rings (SSSR count). The number of alkyl carbamates (subject to hydrolysis) is 1. The zero-order valence-electron chi connectivity index (χ0n) is 33.0. The molecule has 4 aliphatic rings. The summed E-state index contributed by atoms with van der Waals surface area (Å²) in [5.74, 6) is 7.47. The van der Waals surface area contributed by atoms with E-state index in [2.05, 4.69) is 32.1 Å². The molecule has 304 valence electrons. The fourth-order valence-electron chi connectivity index (χ4n) is 9.00. The molecule has 2 aromatic heterocycles. The molecule has 2 aliphatic carbocycles. The summed E-state index contributed by atoms with van der Waals surface area (Å²) in [6.07, 6.45) is 1.51. The topological polar surface area (TPSA) is 177 Å². The Balaban J connectivity index is 0.989. The van der Waals surface area contributed by atoms with Gasteiger partial charge >= 0.3 is 12.2 Å². The molecule has 4 amide bonds. The highest BCUT2D eigenvalue weighted by Crippen LogP contribution is 2.55. The smallest absolute Gasteiger partial charge is 0.407 e. The number of fused-ring (bicyclic) bond motifs is 3. The SMILES string of the molecule is COC(=O)N[C@H](C(=O)N1[C@@H]2C[C@H]2C[C@H]1c1nc(Cl)c(C#Cc2ccc3cc(-c4nc([C@@H]5C[C@H]6C[C@H]6N5C(=O)[C@H](C(C)C)N(C)C(=O)O)[nH]c4Cl)ccc3c2)[nH]1)C(C)C. The van der Waals surface area contributed by atoms with Crippen molar-refractivity contribution in [3.8, 4) is 23.1 Å². The number of methoxy groups -OCH3 is 1. The molecule has 0 spiro atoms. The summed E-state index contributed by atoms with van der Waals surface area (Å²) in [6, 6.07) is 9.78. The van der Waals surface area contributed by atoms with Gasteiger partial charge in [0.15, 0.2) is 5.15 Å². The lowest BCUT2D eigenvalue weighted by molar-refractivity contribution is -0.140. The molecule has 0 bridgehead atoms. The number of aromatic amines is 2. The Hall–Kier alpha value is -5.26. The predicted octanol–water partition coefficient (Wildman–Crippen LogP) is 7.00. The van der Waals surface area contributed by atoms with E-state index in [1.807, 2.05) is 73.9 Å². The number of ether oxygens (including phenoxy) is 1. The van der Waals surface area contributed by atoms with Crippen molar-refractivity contribution in [3.63, 3.8) is 0 Å². The van der Waals surface area contributed by atoms with E-state index in [-0.39, 0.29) is 53.0 Å². The van der Waals surface area contributed by atoms with Crippen LogP contribution in [0.1, 0.15) is 88.4 Å². The van der Waals surface area contributed by atoms with Gasteiger partial charge in [-0.2, -0.15) is 0 Å². The van der Waals surface area contributed by atoms with Crippen LogP contribution < -0.4 is 5.32 Å². The molecule has 4 heterocycles. The lowest BCUT2D eigenvalue weighted by atomic mass is 10.0. The maximum absolute atomic E-state index is 13.9. The Morgan fingerprint density at radius 2 is 1.48 bits per heavy atom. The Morgan fingerprint density at radius 1 is 0.862 bits per heavy atom. The molecular weight excluding hydrogens is 783 g/mol. The number of amides is 4. The number of hydrogen-bond acceptors (Lipinski definition) is 7. The quantitative estimate of drug-likeness (QED) is 0.130. The van der Waals surface area contributed by atoms with Crippen LogP contribution in [0.15, 0.2) is 36.4 Å². The molecule has 8 atom stereocenters. The van der Waals surface area contributed by atoms with Gasteiger partial charge in [-0.3, -0.25) is 14.5 Å². The van der Waals surface area contributed by atoms with Crippen molar-refractivity contribution in [2.75, 3.05) is 14.2 Å². The number of hydrogen-bond donors (Lipinski definition) is 4. The molecular formula is C42H46Cl2N8O6. The van der Waals surface area contributed by atoms with Crippen LogP contribution in [0.25, 0.3) is 22.0 Å². The molecule has 4 aromatic rings. The Bertz CT molecular complexity index is 2380. The minimum absolute atomic E-state index is 0.0669. The normalized spacial score (nSPS) is 23.9. The number of likely N-dealkylation sites (tertiary alicyclic amines) is 2. The summed E-state index contributed by atoms with van der Waals surface area (Å²) in [6.45, 7) is 7.48. The summed E-state index contributed by atoms with van der Waals surface area (Å²) >= 11 is 13.4. The third kappa shape index (κ3) is 7.23. The van der Waals surface area contributed by atoms with Gasteiger partial charge in [-0.15, -0.1) is 0 Å². The molecule has 16 heteroatoms. The van der Waals surface area contributed by atoms with Gasteiger partial charge < -0.3 is 34.9 Å². The van der Waals surface area contributed by atoms with Crippen LogP contribution in [-0.2, 0) is 14.3 Å². The second kappa shape index (κ2) is 15.2. The number of H-pyrrole nitrogens is 2. The number of imidazole rings is 2. The lowest BCUT2D eigenvalue weighted by Crippen LogP contribution is -2.52. The van der Waals surface area contributed by atoms with E-state index >= 15 is 0 Å². The number of aromatic nitrogens is 4. The molecule has 4 fully saturated rings. The first-order valence-corrected chi connectivity index (χ1v) is 20.4. The number of carboxylic acid groups (broad SMARTS) is 1. The summed E-state index contributed by atoms with van der Waals surface area (Å²) in [4.78, 5) is 72.3. The summed E-state index contributed by atoms with van der Waals surface area (Å²) < 4.78 is 4.77. The Kier molecular flexibility index (Phi) is 10.3. The Labute approximate surface area is 346 Å². The van der Waals surface area contributed by atoms with Crippen LogP contribution >= 0.6 is 23.2 Å². The Morgan fingerprint density at radius 3 is 2.10 bits per heavy atom. The van der Waals surface area contributed by atoms with Crippen molar-refractivity contribution in [3.05, 3.63) is 69.6 Å². The van der Waals surface area contributed by atoms with Gasteiger partial charge in [0.1, 0.15) is 40.3 Å². The number of piperidine rings is 2. The van der Waals surface area contributed by atoms with Gasteiger partial charge in [-0.25, -0.2) is 19.6 Å². The van der Waals surface area contributed by atoms with Gasteiger partial charge in [-0.1, -0.05) is 75.0 Å². The van der Waals surface area contributed by atoms with Gasteiger partial charge in [0.05, 0.1) is 19.2 Å². The maximum Gasteiger partial charge on any atom is 0.407 e. The molecule has 0 unspecified atom stereocenters. The second-order valence-electron chi connectivity index (χ2n) is 16.7. The maximum atomic E-state index is 13.9. The van der Waals surface area contributed by atoms with Crippen molar-refractivity contribution >= 4 is 58.0 Å². The third-order valence-corrected chi connectivity index (χ3v) is 12.7. The second-order valence-corrected chi connectivity index (χ2v) is 17.4. The molecule has 0 radical (unpaired) electrons. The summed E-state index contributed by atoms with van der Waals surface area (Å²) in [5.41, 5.74) is 2.59. The molecule has 2 saturated carbocycles. The van der Waals surface area contributed by atoms with Gasteiger partial charge in [0.25, 0.3) is 0 Å². The van der Waals surface area contributed by atoms with E-state index < -0.39 is 24.3 Å². The molecule has 14 nitrogen and oxygen atoms in total. The van der Waals surface area contributed by atoms with Gasteiger partial charge in [0, 0.05) is 30.3 Å². The van der Waals surface area contributed by atoms with Crippen LogP contribution in [0.5, 0.6) is 0 Å². The van der Waals surface area contributed by atoms with E-state index in [1.165, 1.54) is 14.2 Å². The van der Waals surface area contributed by atoms with Crippen LogP contribution in [0.3, 0.4) is 0 Å². The lowest BCUT2D eigenvalue weighted by Gasteiger charge is -2.35. The van der Waals surface area contributed by atoms with Crippen LogP contribution in [0.4, 0.5) is 9.59 Å². The number of nitrogens with one attached hydrogen (secondary N) is 3. The minimum Gasteiger partial charge on any atom is -0.465 e. The highest BCUT2D eigenvalue weighted by Gasteiger charge is 2.58. The number of halogens is 2. The highest BCUT2D eigenvalue weighted by molar-refractivity contribution is 6.32. The van der Waals surface area contributed by atoms with E-state index in [4.69, 9.17) is 32.9 Å². The molecule has 58 heavy (non-hydrogen) atoms. The van der Waals surface area contributed by atoms with Crippen molar-refractivity contribution in [2.45, 2.75) is 89.6 Å². The number of rotatable bonds is 9. The number of carbonyl (C=O) groups excluding carboxylic acids is 3. The van der Waals surface area contributed by atoms with E-state index in [0.717, 1.165) is 52.5 Å². The van der Waals surface area contributed by atoms with Gasteiger partial charge in [-0.05, 0) is 84.2 Å². The first-order chi connectivity index (χ1) is 27.6. The third-order valence-electron chi connectivity index (χ3n) is 12.1. The molecule has 2 aromatic carbocycles. The first-order valence-electron chi connectivity index (χ1n) is 19.7.